The van der Waals surface area contributed by atoms with Crippen LogP contribution in [-0.4, -0.2) is 42.0 Å². The summed E-state index contributed by atoms with van der Waals surface area (Å²) in [5, 5.41) is 0. The van der Waals surface area contributed by atoms with Crippen LogP contribution in [-0.2, 0) is 20.9 Å². The zero-order valence-corrected chi connectivity index (χ0v) is 18.4. The van der Waals surface area contributed by atoms with E-state index in [1.807, 2.05) is 43.3 Å². The number of carbonyl (C=O) groups excluding carboxylic acids is 2. The normalized spacial score (nSPS) is 28.6. The number of hydrogen-bond donors (Lipinski definition) is 0. The van der Waals surface area contributed by atoms with Gasteiger partial charge in [0.2, 0.25) is 11.8 Å². The van der Waals surface area contributed by atoms with Crippen molar-refractivity contribution >= 4 is 17.5 Å². The van der Waals surface area contributed by atoms with Gasteiger partial charge in [0.05, 0.1) is 31.0 Å². The summed E-state index contributed by atoms with van der Waals surface area (Å²) in [5.41, 5.74) is 1.36. The zero-order chi connectivity index (χ0) is 21.9. The molecule has 0 saturated carbocycles. The molecule has 2 bridgehead atoms. The van der Waals surface area contributed by atoms with E-state index in [0.717, 1.165) is 17.2 Å². The van der Waals surface area contributed by atoms with Gasteiger partial charge in [-0.1, -0.05) is 38.1 Å². The summed E-state index contributed by atoms with van der Waals surface area (Å²) in [6.45, 7) is 6.98. The Morgan fingerprint density at radius 3 is 2.61 bits per heavy atom. The third-order valence-electron chi connectivity index (χ3n) is 6.82. The first-order chi connectivity index (χ1) is 14.8. The first kappa shape index (κ1) is 20.1. The molecule has 4 heterocycles. The van der Waals surface area contributed by atoms with E-state index in [4.69, 9.17) is 9.15 Å². The lowest BCUT2D eigenvalue weighted by atomic mass is 9.76. The van der Waals surface area contributed by atoms with Crippen LogP contribution in [0.1, 0.15) is 36.8 Å². The van der Waals surface area contributed by atoms with E-state index in [0.29, 0.717) is 19.0 Å². The van der Waals surface area contributed by atoms with Crippen molar-refractivity contribution in [3.05, 3.63) is 65.6 Å². The molecular weight excluding hydrogens is 392 g/mol. The molecule has 3 aliphatic heterocycles. The van der Waals surface area contributed by atoms with Crippen molar-refractivity contribution in [3.63, 3.8) is 0 Å². The van der Waals surface area contributed by atoms with Gasteiger partial charge >= 0.3 is 0 Å². The number of benzene rings is 1. The van der Waals surface area contributed by atoms with Gasteiger partial charge in [-0.15, -0.1) is 0 Å². The number of aryl methyl sites for hydroxylation is 1. The molecule has 6 nitrogen and oxygen atoms in total. The van der Waals surface area contributed by atoms with Crippen molar-refractivity contribution in [1.82, 2.24) is 4.90 Å². The summed E-state index contributed by atoms with van der Waals surface area (Å²) in [7, 11) is 1.75. The molecule has 0 unspecified atom stereocenters. The third-order valence-corrected chi connectivity index (χ3v) is 6.82. The van der Waals surface area contributed by atoms with Crippen LogP contribution in [0.2, 0.25) is 0 Å². The number of amides is 2. The Morgan fingerprint density at radius 2 is 1.97 bits per heavy atom. The van der Waals surface area contributed by atoms with Crippen LogP contribution in [0, 0.1) is 18.8 Å². The number of nitrogens with zero attached hydrogens (tertiary/aromatic N) is 2. The molecule has 0 aliphatic carbocycles. The average Bonchev–Trinajstić information content (AvgIpc) is 3.49. The highest BCUT2D eigenvalue weighted by atomic mass is 16.5. The number of fused-ring (bicyclic) bond motifs is 1. The topological polar surface area (TPSA) is 63.0 Å². The van der Waals surface area contributed by atoms with Crippen molar-refractivity contribution < 1.29 is 18.7 Å². The van der Waals surface area contributed by atoms with Crippen LogP contribution in [0.4, 0.5) is 5.69 Å². The summed E-state index contributed by atoms with van der Waals surface area (Å²) in [5.74, 6) is 0.835. The molecule has 162 valence electrons. The molecule has 2 aromatic rings. The van der Waals surface area contributed by atoms with Gasteiger partial charge in [-0.25, -0.2) is 0 Å². The Labute approximate surface area is 182 Å². The molecule has 2 saturated heterocycles. The maximum Gasteiger partial charge on any atom is 0.234 e. The van der Waals surface area contributed by atoms with E-state index in [1.54, 1.807) is 16.8 Å². The van der Waals surface area contributed by atoms with Gasteiger partial charge in [0, 0.05) is 12.7 Å². The van der Waals surface area contributed by atoms with Crippen molar-refractivity contribution in [2.45, 2.75) is 44.9 Å². The number of rotatable bonds is 5. The molecule has 2 fully saturated rings. The average molecular weight is 421 g/mol. The minimum absolute atomic E-state index is 0.0373. The first-order valence-electron chi connectivity index (χ1n) is 10.9. The Kier molecular flexibility index (Phi) is 4.59. The highest BCUT2D eigenvalue weighted by Gasteiger charge is 2.67. The monoisotopic (exact) mass is 420 g/mol. The summed E-state index contributed by atoms with van der Waals surface area (Å²) >= 11 is 0. The van der Waals surface area contributed by atoms with Crippen molar-refractivity contribution in [2.24, 2.45) is 11.8 Å². The largest absolute Gasteiger partial charge is 0.464 e. The maximum atomic E-state index is 13.5. The Morgan fingerprint density at radius 1 is 1.23 bits per heavy atom. The standard InChI is InChI=1S/C25H28N2O4/c1-15(2)17-6-8-18(9-7-17)27-14-25-12-11-20(31-25)21(22(25)24(27)29)23(28)26(4)13-19-10-5-16(3)30-19/h5-12,15,20-22H,13-14H2,1-4H3/t20-,21+,22-,25-/m0/s1. The van der Waals surface area contributed by atoms with Crippen LogP contribution in [0.5, 0.6) is 0 Å². The fourth-order valence-corrected chi connectivity index (χ4v) is 5.17. The Hall–Kier alpha value is -2.86. The minimum atomic E-state index is -0.721. The van der Waals surface area contributed by atoms with Gasteiger partial charge in [0.25, 0.3) is 0 Å². The SMILES string of the molecule is Cc1ccc(CN(C)C(=O)[C@@H]2[C@@H]3C=C[C@@]4(CN(c5ccc(C(C)C)cc5)C(=O)[C@H]24)O3)o1. The molecular formula is C25H28N2O4. The Balaban J connectivity index is 1.39. The summed E-state index contributed by atoms with van der Waals surface area (Å²) < 4.78 is 11.9. The lowest BCUT2D eigenvalue weighted by Gasteiger charge is -2.27. The van der Waals surface area contributed by atoms with E-state index in [2.05, 4.69) is 26.0 Å². The zero-order valence-electron chi connectivity index (χ0n) is 18.4. The second-order valence-corrected chi connectivity index (χ2v) is 9.28. The molecule has 1 aromatic carbocycles. The van der Waals surface area contributed by atoms with Crippen molar-refractivity contribution in [1.29, 1.82) is 0 Å². The summed E-state index contributed by atoms with van der Waals surface area (Å²) in [6, 6.07) is 11.9. The molecule has 0 N–H and O–H groups in total. The van der Waals surface area contributed by atoms with Crippen LogP contribution < -0.4 is 4.90 Å². The van der Waals surface area contributed by atoms with Gasteiger partial charge in [-0.05, 0) is 42.7 Å². The van der Waals surface area contributed by atoms with E-state index >= 15 is 0 Å². The van der Waals surface area contributed by atoms with Crippen molar-refractivity contribution in [2.75, 3.05) is 18.5 Å². The maximum absolute atomic E-state index is 13.5. The van der Waals surface area contributed by atoms with E-state index < -0.39 is 17.4 Å². The molecule has 5 rings (SSSR count). The Bertz CT molecular complexity index is 1050. The van der Waals surface area contributed by atoms with Gasteiger partial charge in [-0.2, -0.15) is 0 Å². The third kappa shape index (κ3) is 3.12. The van der Waals surface area contributed by atoms with Crippen LogP contribution in [0.3, 0.4) is 0 Å². The second kappa shape index (κ2) is 7.09. The summed E-state index contributed by atoms with van der Waals surface area (Å²) in [4.78, 5) is 30.3. The van der Waals surface area contributed by atoms with Crippen LogP contribution in [0.25, 0.3) is 0 Å². The molecule has 31 heavy (non-hydrogen) atoms. The predicted octanol–water partition coefficient (Wildman–Crippen LogP) is 3.66. The number of furan rings is 1. The lowest BCUT2D eigenvalue weighted by molar-refractivity contribution is -0.139. The smallest absolute Gasteiger partial charge is 0.234 e. The first-order valence-corrected chi connectivity index (χ1v) is 10.9. The van der Waals surface area contributed by atoms with E-state index in [9.17, 15) is 9.59 Å². The van der Waals surface area contributed by atoms with E-state index in [1.165, 1.54) is 5.56 Å². The van der Waals surface area contributed by atoms with Gasteiger partial charge < -0.3 is 19.0 Å². The van der Waals surface area contributed by atoms with Gasteiger partial charge in [0.15, 0.2) is 0 Å². The lowest BCUT2D eigenvalue weighted by Crippen LogP contribution is -2.44. The fraction of sp³-hybridized carbons (Fsp3) is 0.440. The van der Waals surface area contributed by atoms with Gasteiger partial charge in [0.1, 0.15) is 17.1 Å². The molecule has 4 atom stereocenters. The molecule has 6 heteroatoms. The highest BCUT2D eigenvalue weighted by molar-refractivity contribution is 6.03. The predicted molar refractivity (Wildman–Crippen MR) is 117 cm³/mol. The second-order valence-electron chi connectivity index (χ2n) is 9.28. The molecule has 2 amide bonds. The van der Waals surface area contributed by atoms with Crippen LogP contribution in [0.15, 0.2) is 53.0 Å². The summed E-state index contributed by atoms with van der Waals surface area (Å²) in [6.07, 6.45) is 3.58. The molecule has 1 spiro atoms. The van der Waals surface area contributed by atoms with E-state index in [-0.39, 0.29) is 17.9 Å². The number of ether oxygens (including phenoxy) is 1. The fourth-order valence-electron chi connectivity index (χ4n) is 5.17. The van der Waals surface area contributed by atoms with Crippen molar-refractivity contribution in [3.8, 4) is 0 Å². The van der Waals surface area contributed by atoms with Gasteiger partial charge in [-0.3, -0.25) is 9.59 Å². The number of anilines is 1. The molecule has 3 aliphatic rings. The quantitative estimate of drug-likeness (QED) is 0.693. The minimum Gasteiger partial charge on any atom is -0.464 e. The molecule has 0 radical (unpaired) electrons. The highest BCUT2D eigenvalue weighted by Crippen LogP contribution is 2.53. The molecule has 1 aromatic heterocycles. The number of hydrogen-bond acceptors (Lipinski definition) is 4. The van der Waals surface area contributed by atoms with Crippen LogP contribution >= 0.6 is 0 Å². The number of carbonyl (C=O) groups is 2.